The van der Waals surface area contributed by atoms with Gasteiger partial charge in [-0.05, 0) is 30.4 Å². The van der Waals surface area contributed by atoms with Gasteiger partial charge in [0.15, 0.2) is 10.5 Å². The molecule has 0 bridgehead atoms. The average molecular weight is 313 g/mol. The number of H-pyrrole nitrogens is 2. The van der Waals surface area contributed by atoms with E-state index in [0.29, 0.717) is 0 Å². The van der Waals surface area contributed by atoms with E-state index in [2.05, 4.69) is 14.7 Å². The highest BCUT2D eigenvalue weighted by Crippen LogP contribution is 2.18. The summed E-state index contributed by atoms with van der Waals surface area (Å²) in [5.74, 6) is -0.175. The van der Waals surface area contributed by atoms with Crippen molar-refractivity contribution in [2.75, 3.05) is 16.2 Å². The third-order valence-electron chi connectivity index (χ3n) is 2.38. The summed E-state index contributed by atoms with van der Waals surface area (Å²) >= 11 is 4.71. The quantitative estimate of drug-likeness (QED) is 0.409. The summed E-state index contributed by atoms with van der Waals surface area (Å²) in [6.45, 7) is 0. The lowest BCUT2D eigenvalue weighted by molar-refractivity contribution is 0.601. The van der Waals surface area contributed by atoms with E-state index >= 15 is 0 Å². The number of hydrogen-bond donors (Lipinski definition) is 5. The van der Waals surface area contributed by atoms with Crippen LogP contribution >= 0.6 is 12.2 Å². The zero-order valence-corrected chi connectivity index (χ0v) is 11.6. The second-order valence-electron chi connectivity index (χ2n) is 3.87. The predicted octanol–water partition coefficient (Wildman–Crippen LogP) is 0.398. The predicted molar refractivity (Wildman–Crippen MR) is 78.3 cm³/mol. The lowest BCUT2D eigenvalue weighted by Crippen LogP contribution is -2.23. The summed E-state index contributed by atoms with van der Waals surface area (Å²) in [5, 5.41) is 0. The zero-order chi connectivity index (χ0) is 14.9. The third-order valence-corrected chi connectivity index (χ3v) is 3.93. The van der Waals surface area contributed by atoms with Gasteiger partial charge in [0.05, 0.1) is 4.90 Å². The van der Waals surface area contributed by atoms with Crippen LogP contribution in [0.15, 0.2) is 34.0 Å². The molecule has 0 aliphatic heterocycles. The molecule has 0 saturated carbocycles. The maximum atomic E-state index is 12.1. The van der Waals surface area contributed by atoms with Gasteiger partial charge in [-0.2, -0.15) is 0 Å². The van der Waals surface area contributed by atoms with Crippen LogP contribution in [0.5, 0.6) is 0 Å². The molecular weight excluding hydrogens is 302 g/mol. The molecule has 8 nitrogen and oxygen atoms in total. The van der Waals surface area contributed by atoms with Crippen LogP contribution in [0.25, 0.3) is 0 Å². The van der Waals surface area contributed by atoms with Crippen molar-refractivity contribution >= 4 is 39.4 Å². The number of nitrogen functional groups attached to an aromatic ring is 2. The Bertz CT molecular complexity index is 869. The molecule has 10 heteroatoms. The molecule has 0 saturated heterocycles. The second kappa shape index (κ2) is 4.98. The van der Waals surface area contributed by atoms with Crippen molar-refractivity contribution in [1.82, 2.24) is 9.97 Å². The van der Waals surface area contributed by atoms with E-state index in [1.165, 1.54) is 18.2 Å². The molecule has 0 unspecified atom stereocenters. The van der Waals surface area contributed by atoms with Gasteiger partial charge in [0.1, 0.15) is 5.82 Å². The van der Waals surface area contributed by atoms with Crippen molar-refractivity contribution in [2.45, 2.75) is 4.90 Å². The van der Waals surface area contributed by atoms with Gasteiger partial charge in [-0.3, -0.25) is 14.5 Å². The minimum absolute atomic E-state index is 0.000552. The molecular formula is C10H11N5O3S2. The largest absolute Gasteiger partial charge is 0.399 e. The number of nitrogens with one attached hydrogen (secondary N) is 3. The van der Waals surface area contributed by atoms with Gasteiger partial charge in [0.25, 0.3) is 15.6 Å². The topological polar surface area (TPSA) is 147 Å². The van der Waals surface area contributed by atoms with Crippen molar-refractivity contribution in [3.63, 3.8) is 0 Å². The Balaban J connectivity index is 2.49. The van der Waals surface area contributed by atoms with Crippen molar-refractivity contribution < 1.29 is 8.42 Å². The third kappa shape index (κ3) is 2.81. The maximum absolute atomic E-state index is 12.1. The Hall–Kier alpha value is -2.33. The number of aromatic nitrogens is 2. The van der Waals surface area contributed by atoms with E-state index in [9.17, 15) is 13.2 Å². The fourth-order valence-electron chi connectivity index (χ4n) is 1.48. The van der Waals surface area contributed by atoms with Crippen LogP contribution in [-0.2, 0) is 10.0 Å². The molecule has 1 heterocycles. The fraction of sp³-hybridized carbons (Fsp3) is 0. The first kappa shape index (κ1) is 14.1. The van der Waals surface area contributed by atoms with Gasteiger partial charge < -0.3 is 16.5 Å². The lowest BCUT2D eigenvalue weighted by atomic mass is 10.3. The summed E-state index contributed by atoms with van der Waals surface area (Å²) < 4.78 is 26.4. The minimum Gasteiger partial charge on any atom is -0.399 e. The lowest BCUT2D eigenvalue weighted by Gasteiger charge is -2.09. The second-order valence-corrected chi connectivity index (χ2v) is 5.97. The van der Waals surface area contributed by atoms with Gasteiger partial charge in [-0.1, -0.05) is 6.07 Å². The normalized spacial score (nSPS) is 11.2. The smallest absolute Gasteiger partial charge is 0.278 e. The number of rotatable bonds is 3. The molecule has 7 N–H and O–H groups in total. The van der Waals surface area contributed by atoms with Crippen molar-refractivity contribution in [3.05, 3.63) is 39.4 Å². The van der Waals surface area contributed by atoms with Crippen molar-refractivity contribution in [2.24, 2.45) is 0 Å². The summed E-state index contributed by atoms with van der Waals surface area (Å²) in [7, 11) is -3.98. The number of anilines is 3. The van der Waals surface area contributed by atoms with E-state index in [4.69, 9.17) is 23.7 Å². The van der Waals surface area contributed by atoms with E-state index in [-0.39, 0.29) is 26.9 Å². The molecule has 0 aliphatic carbocycles. The molecule has 0 radical (unpaired) electrons. The first-order valence-corrected chi connectivity index (χ1v) is 7.19. The Morgan fingerprint density at radius 3 is 2.50 bits per heavy atom. The first-order valence-electron chi connectivity index (χ1n) is 5.30. The highest BCUT2D eigenvalue weighted by atomic mass is 32.2. The minimum atomic E-state index is -3.98. The van der Waals surface area contributed by atoms with Crippen LogP contribution in [0.2, 0.25) is 0 Å². The molecule has 2 rings (SSSR count). The van der Waals surface area contributed by atoms with Gasteiger partial charge in [-0.25, -0.2) is 8.42 Å². The summed E-state index contributed by atoms with van der Waals surface area (Å²) in [6, 6.07) is 5.63. The van der Waals surface area contributed by atoms with Crippen molar-refractivity contribution in [1.29, 1.82) is 0 Å². The number of aromatic amines is 2. The fourth-order valence-corrected chi connectivity index (χ4v) is 2.82. The molecule has 106 valence electrons. The summed E-state index contributed by atoms with van der Waals surface area (Å²) in [5.41, 5.74) is 10.3. The van der Waals surface area contributed by atoms with Gasteiger partial charge in [0.2, 0.25) is 0 Å². The molecule has 1 aromatic heterocycles. The standard InChI is InChI=1S/C10H11N5O3S2/c11-5-2-1-3-6(4-5)20(17,18)15-7-8(12)13-10(19)14-9(7)16/h1-4,15H,11H2,(H4,12,13,14,16,19). The number of nitrogens with two attached hydrogens (primary N) is 2. The Kier molecular flexibility index (Phi) is 3.51. The van der Waals surface area contributed by atoms with Crippen LogP contribution in [0.1, 0.15) is 0 Å². The SMILES string of the molecule is Nc1cccc(S(=O)(=O)Nc2c(N)[nH]c(=S)[nH]c2=O)c1. The Morgan fingerprint density at radius 2 is 1.90 bits per heavy atom. The highest BCUT2D eigenvalue weighted by molar-refractivity contribution is 7.92. The molecule has 1 aromatic carbocycles. The van der Waals surface area contributed by atoms with E-state index in [0.717, 1.165) is 0 Å². The van der Waals surface area contributed by atoms with Crippen LogP contribution in [0.4, 0.5) is 17.2 Å². The monoisotopic (exact) mass is 313 g/mol. The number of hydrogen-bond acceptors (Lipinski definition) is 6. The molecule has 0 atom stereocenters. The van der Waals surface area contributed by atoms with Crippen LogP contribution < -0.4 is 21.7 Å². The molecule has 2 aromatic rings. The van der Waals surface area contributed by atoms with Crippen molar-refractivity contribution in [3.8, 4) is 0 Å². The van der Waals surface area contributed by atoms with E-state index in [1.54, 1.807) is 6.07 Å². The summed E-state index contributed by atoms with van der Waals surface area (Å²) in [4.78, 5) is 16.3. The number of sulfonamides is 1. The molecule has 20 heavy (non-hydrogen) atoms. The average Bonchev–Trinajstić information content (AvgIpc) is 2.34. The Morgan fingerprint density at radius 1 is 1.20 bits per heavy atom. The van der Waals surface area contributed by atoms with E-state index < -0.39 is 15.6 Å². The Labute approximate surface area is 118 Å². The van der Waals surface area contributed by atoms with Crippen LogP contribution in [-0.4, -0.2) is 18.4 Å². The molecule has 0 amide bonds. The number of benzene rings is 1. The maximum Gasteiger partial charge on any atom is 0.278 e. The van der Waals surface area contributed by atoms with Crippen LogP contribution in [0.3, 0.4) is 0 Å². The highest BCUT2D eigenvalue weighted by Gasteiger charge is 2.18. The van der Waals surface area contributed by atoms with Crippen LogP contribution in [0, 0.1) is 4.77 Å². The first-order chi connectivity index (χ1) is 9.29. The summed E-state index contributed by atoms with van der Waals surface area (Å²) in [6.07, 6.45) is 0. The molecule has 0 aliphatic rings. The van der Waals surface area contributed by atoms with Gasteiger partial charge in [-0.15, -0.1) is 0 Å². The van der Waals surface area contributed by atoms with Gasteiger partial charge >= 0.3 is 0 Å². The molecule has 0 fully saturated rings. The van der Waals surface area contributed by atoms with Gasteiger partial charge in [0, 0.05) is 5.69 Å². The zero-order valence-electron chi connectivity index (χ0n) is 10.0. The van der Waals surface area contributed by atoms with E-state index in [1.807, 2.05) is 0 Å². The molecule has 0 spiro atoms.